The second-order valence-corrected chi connectivity index (χ2v) is 6.38. The second kappa shape index (κ2) is 5.77. The molecule has 1 aromatic rings. The van der Waals surface area contributed by atoms with Gasteiger partial charge in [-0.3, -0.25) is 19.7 Å². The molecule has 0 spiro atoms. The van der Waals surface area contributed by atoms with Crippen molar-refractivity contribution in [3.63, 3.8) is 0 Å². The van der Waals surface area contributed by atoms with Crippen LogP contribution in [0.1, 0.15) is 29.6 Å². The van der Waals surface area contributed by atoms with Crippen molar-refractivity contribution in [2.75, 3.05) is 20.2 Å². The van der Waals surface area contributed by atoms with Crippen LogP contribution in [0.4, 0.5) is 5.69 Å². The number of nitro benzene ring substituents is 1. The van der Waals surface area contributed by atoms with E-state index in [1.54, 1.807) is 0 Å². The summed E-state index contributed by atoms with van der Waals surface area (Å²) < 4.78 is 4.93. The van der Waals surface area contributed by atoms with Gasteiger partial charge in [0, 0.05) is 24.7 Å². The van der Waals surface area contributed by atoms with Crippen LogP contribution in [0.15, 0.2) is 18.2 Å². The number of nitrogens with zero attached hydrogens (tertiary/aromatic N) is 2. The van der Waals surface area contributed by atoms with E-state index < -0.39 is 16.3 Å². The smallest absolute Gasteiger partial charge is 0.311 e. The maximum atomic E-state index is 12.7. The van der Waals surface area contributed by atoms with Gasteiger partial charge in [0.1, 0.15) is 0 Å². The fourth-order valence-electron chi connectivity index (χ4n) is 3.94. The van der Waals surface area contributed by atoms with Crippen LogP contribution in [0.5, 0.6) is 5.75 Å². The fourth-order valence-corrected chi connectivity index (χ4v) is 3.94. The summed E-state index contributed by atoms with van der Waals surface area (Å²) in [5.41, 5.74) is -0.979. The van der Waals surface area contributed by atoms with Crippen LogP contribution >= 0.6 is 0 Å². The Balaban J connectivity index is 1.87. The largest absolute Gasteiger partial charge is 0.490 e. The number of benzene rings is 1. The van der Waals surface area contributed by atoms with Gasteiger partial charge in [0.15, 0.2) is 5.75 Å². The Kier molecular flexibility index (Phi) is 3.90. The highest BCUT2D eigenvalue weighted by Gasteiger charge is 2.55. The number of fused-ring (bicyclic) bond motifs is 1. The lowest BCUT2D eigenvalue weighted by Crippen LogP contribution is -2.37. The van der Waals surface area contributed by atoms with Crippen LogP contribution in [-0.4, -0.2) is 47.0 Å². The van der Waals surface area contributed by atoms with Crippen molar-refractivity contribution in [1.29, 1.82) is 0 Å². The third-order valence-corrected chi connectivity index (χ3v) is 5.21. The molecule has 1 amide bonds. The SMILES string of the molecule is COc1ccc(C(=O)N2C[C@@H]3CCC[C@@]3(C(=O)O)C2)cc1[N+](=O)[O-]. The van der Waals surface area contributed by atoms with Crippen molar-refractivity contribution in [3.05, 3.63) is 33.9 Å². The van der Waals surface area contributed by atoms with Gasteiger partial charge in [-0.25, -0.2) is 0 Å². The molecule has 1 aromatic carbocycles. The quantitative estimate of drug-likeness (QED) is 0.665. The molecule has 8 heteroatoms. The Morgan fingerprint density at radius 1 is 1.46 bits per heavy atom. The predicted octanol–water partition coefficient (Wildman–Crippen LogP) is 1.93. The molecule has 128 valence electrons. The molecule has 1 aliphatic carbocycles. The van der Waals surface area contributed by atoms with E-state index in [-0.39, 0.29) is 35.4 Å². The van der Waals surface area contributed by atoms with Gasteiger partial charge in [-0.15, -0.1) is 0 Å². The number of carbonyl (C=O) groups is 2. The van der Waals surface area contributed by atoms with E-state index in [1.807, 2.05) is 0 Å². The molecule has 24 heavy (non-hydrogen) atoms. The summed E-state index contributed by atoms with van der Waals surface area (Å²) in [6.45, 7) is 0.538. The highest BCUT2D eigenvalue weighted by molar-refractivity contribution is 5.96. The molecule has 1 N–H and O–H groups in total. The number of aliphatic carboxylic acids is 1. The molecule has 0 radical (unpaired) electrons. The zero-order chi connectivity index (χ0) is 17.5. The number of methoxy groups -OCH3 is 1. The Morgan fingerprint density at radius 2 is 2.21 bits per heavy atom. The summed E-state index contributed by atoms with van der Waals surface area (Å²) in [7, 11) is 1.32. The molecule has 0 bridgehead atoms. The number of carboxylic acid groups (broad SMARTS) is 1. The van der Waals surface area contributed by atoms with E-state index in [0.29, 0.717) is 13.0 Å². The number of hydrogen-bond donors (Lipinski definition) is 1. The monoisotopic (exact) mass is 334 g/mol. The average molecular weight is 334 g/mol. The molecule has 2 aliphatic rings. The van der Waals surface area contributed by atoms with Crippen LogP contribution in [0.25, 0.3) is 0 Å². The Bertz CT molecular complexity index is 719. The summed E-state index contributed by atoms with van der Waals surface area (Å²) in [5.74, 6) is -1.21. The molecular weight excluding hydrogens is 316 g/mol. The molecule has 2 atom stereocenters. The second-order valence-electron chi connectivity index (χ2n) is 6.38. The van der Waals surface area contributed by atoms with E-state index in [1.165, 1.54) is 30.2 Å². The number of carbonyl (C=O) groups excluding carboxylic acids is 1. The zero-order valence-corrected chi connectivity index (χ0v) is 13.2. The van der Waals surface area contributed by atoms with Crippen molar-refractivity contribution in [3.8, 4) is 5.75 Å². The first kappa shape index (κ1) is 16.2. The van der Waals surface area contributed by atoms with Crippen molar-refractivity contribution < 1.29 is 24.4 Å². The number of carboxylic acids is 1. The molecule has 1 saturated carbocycles. The molecule has 3 rings (SSSR count). The van der Waals surface area contributed by atoms with E-state index in [4.69, 9.17) is 4.74 Å². The topological polar surface area (TPSA) is 110 Å². The molecule has 2 fully saturated rings. The predicted molar refractivity (Wildman–Crippen MR) is 83.0 cm³/mol. The van der Waals surface area contributed by atoms with E-state index >= 15 is 0 Å². The third-order valence-electron chi connectivity index (χ3n) is 5.21. The summed E-state index contributed by atoms with van der Waals surface area (Å²) in [4.78, 5) is 36.4. The van der Waals surface area contributed by atoms with Crippen LogP contribution in [-0.2, 0) is 4.79 Å². The molecule has 1 heterocycles. The third kappa shape index (κ3) is 2.38. The molecule has 0 unspecified atom stereocenters. The Hall–Kier alpha value is -2.64. The van der Waals surface area contributed by atoms with Crippen LogP contribution in [0, 0.1) is 21.4 Å². The summed E-state index contributed by atoms with van der Waals surface area (Å²) in [6.07, 6.45) is 2.21. The first-order chi connectivity index (χ1) is 11.4. The van der Waals surface area contributed by atoms with Crippen LogP contribution in [0.2, 0.25) is 0 Å². The van der Waals surface area contributed by atoms with E-state index in [0.717, 1.165) is 12.8 Å². The first-order valence-electron chi connectivity index (χ1n) is 7.74. The van der Waals surface area contributed by atoms with E-state index in [2.05, 4.69) is 0 Å². The summed E-state index contributed by atoms with van der Waals surface area (Å²) in [6, 6.07) is 4.04. The maximum absolute atomic E-state index is 12.7. The van der Waals surface area contributed by atoms with Crippen molar-refractivity contribution in [2.45, 2.75) is 19.3 Å². The lowest BCUT2D eigenvalue weighted by molar-refractivity contribution is -0.385. The lowest BCUT2D eigenvalue weighted by atomic mass is 9.81. The van der Waals surface area contributed by atoms with Gasteiger partial charge < -0.3 is 14.7 Å². The lowest BCUT2D eigenvalue weighted by Gasteiger charge is -2.23. The van der Waals surface area contributed by atoms with Gasteiger partial charge in [0.05, 0.1) is 17.4 Å². The number of rotatable bonds is 4. The van der Waals surface area contributed by atoms with Crippen LogP contribution in [0.3, 0.4) is 0 Å². The number of likely N-dealkylation sites (tertiary alicyclic amines) is 1. The number of nitro groups is 1. The Morgan fingerprint density at radius 3 is 2.79 bits per heavy atom. The van der Waals surface area contributed by atoms with Crippen molar-refractivity contribution in [2.24, 2.45) is 11.3 Å². The zero-order valence-electron chi connectivity index (χ0n) is 13.2. The molecule has 0 aromatic heterocycles. The van der Waals surface area contributed by atoms with Gasteiger partial charge in [-0.2, -0.15) is 0 Å². The average Bonchev–Trinajstić information content (AvgIpc) is 3.11. The highest BCUT2D eigenvalue weighted by atomic mass is 16.6. The minimum absolute atomic E-state index is 0.0489. The van der Waals surface area contributed by atoms with E-state index in [9.17, 15) is 24.8 Å². The van der Waals surface area contributed by atoms with Gasteiger partial charge in [0.2, 0.25) is 0 Å². The highest BCUT2D eigenvalue weighted by Crippen LogP contribution is 2.49. The van der Waals surface area contributed by atoms with Crippen LogP contribution < -0.4 is 4.74 Å². The van der Waals surface area contributed by atoms with Gasteiger partial charge in [-0.1, -0.05) is 6.42 Å². The van der Waals surface area contributed by atoms with Crippen molar-refractivity contribution >= 4 is 17.6 Å². The molecular formula is C16H18N2O6. The number of amides is 1. The van der Waals surface area contributed by atoms with Crippen molar-refractivity contribution in [1.82, 2.24) is 4.90 Å². The maximum Gasteiger partial charge on any atom is 0.311 e. The fraction of sp³-hybridized carbons (Fsp3) is 0.500. The van der Waals surface area contributed by atoms with Gasteiger partial charge in [0.25, 0.3) is 5.91 Å². The summed E-state index contributed by atoms with van der Waals surface area (Å²) in [5, 5.41) is 20.7. The molecule has 8 nitrogen and oxygen atoms in total. The normalized spacial score (nSPS) is 25.4. The van der Waals surface area contributed by atoms with Gasteiger partial charge in [-0.05, 0) is 30.9 Å². The number of ether oxygens (including phenoxy) is 1. The minimum atomic E-state index is -0.867. The molecule has 1 saturated heterocycles. The Labute approximate surface area is 138 Å². The summed E-state index contributed by atoms with van der Waals surface area (Å²) >= 11 is 0. The first-order valence-corrected chi connectivity index (χ1v) is 7.74. The molecule has 1 aliphatic heterocycles. The standard InChI is InChI=1S/C16H18N2O6/c1-24-13-5-4-10(7-12(13)18(22)23)14(19)17-8-11-3-2-6-16(11,9-17)15(20)21/h4-5,7,11H,2-3,6,8-9H2,1H3,(H,20,21)/t11-,16+/m0/s1. The van der Waals surface area contributed by atoms with Gasteiger partial charge >= 0.3 is 11.7 Å². The minimum Gasteiger partial charge on any atom is -0.490 e. The number of hydrogen-bond acceptors (Lipinski definition) is 5.